The summed E-state index contributed by atoms with van der Waals surface area (Å²) in [5.41, 5.74) is 6.40. The largest absolute Gasteiger partial charge is 0.480 e. The first-order valence-electron chi connectivity index (χ1n) is 6.64. The van der Waals surface area contributed by atoms with Gasteiger partial charge in [-0.25, -0.2) is 0 Å². The molecular formula is C14H19N3O4S. The van der Waals surface area contributed by atoms with Crippen molar-refractivity contribution < 1.29 is 19.5 Å². The Labute approximate surface area is 133 Å². The molecule has 0 aliphatic carbocycles. The molecule has 0 fully saturated rings. The lowest BCUT2D eigenvalue weighted by molar-refractivity contribution is -0.138. The minimum Gasteiger partial charge on any atom is -0.480 e. The first-order chi connectivity index (χ1) is 10.4. The zero-order chi connectivity index (χ0) is 16.5. The van der Waals surface area contributed by atoms with E-state index in [1.165, 1.54) is 0 Å². The number of carboxylic acid groups (broad SMARTS) is 1. The van der Waals surface area contributed by atoms with Gasteiger partial charge < -0.3 is 21.5 Å². The van der Waals surface area contributed by atoms with Gasteiger partial charge in [-0.2, -0.15) is 12.6 Å². The van der Waals surface area contributed by atoms with Crippen molar-refractivity contribution in [3.8, 4) is 0 Å². The highest BCUT2D eigenvalue weighted by atomic mass is 32.1. The molecule has 0 spiro atoms. The van der Waals surface area contributed by atoms with Gasteiger partial charge in [-0.3, -0.25) is 14.4 Å². The van der Waals surface area contributed by atoms with Gasteiger partial charge >= 0.3 is 5.97 Å². The van der Waals surface area contributed by atoms with Crippen LogP contribution < -0.4 is 16.4 Å². The molecule has 0 aromatic heterocycles. The fourth-order valence-electron chi connectivity index (χ4n) is 1.71. The summed E-state index contributed by atoms with van der Waals surface area (Å²) in [4.78, 5) is 34.4. The second-order valence-electron chi connectivity index (χ2n) is 4.65. The maximum absolute atomic E-state index is 12.0. The fourth-order valence-corrected chi connectivity index (χ4v) is 1.87. The molecule has 2 amide bonds. The molecule has 0 unspecified atom stereocenters. The van der Waals surface area contributed by atoms with Crippen LogP contribution in [0.2, 0.25) is 0 Å². The first kappa shape index (κ1) is 18.0. The third-order valence-corrected chi connectivity index (χ3v) is 3.26. The smallest absolute Gasteiger partial charge is 0.322 e. The molecule has 1 aromatic carbocycles. The van der Waals surface area contributed by atoms with Gasteiger partial charge in [0.15, 0.2) is 0 Å². The van der Waals surface area contributed by atoms with Crippen molar-refractivity contribution in [2.45, 2.75) is 18.5 Å². The lowest BCUT2D eigenvalue weighted by Crippen LogP contribution is -2.53. The van der Waals surface area contributed by atoms with Crippen LogP contribution in [-0.2, 0) is 20.8 Å². The van der Waals surface area contributed by atoms with Crippen LogP contribution in [0.1, 0.15) is 5.56 Å². The third-order valence-electron chi connectivity index (χ3n) is 2.86. The Bertz CT molecular complexity index is 524. The van der Waals surface area contributed by atoms with E-state index < -0.39 is 36.4 Å². The normalized spacial score (nSPS) is 13.0. The maximum Gasteiger partial charge on any atom is 0.322 e. The molecule has 5 N–H and O–H groups in total. The maximum atomic E-state index is 12.0. The van der Waals surface area contributed by atoms with Gasteiger partial charge in [-0.15, -0.1) is 0 Å². The Morgan fingerprint density at radius 1 is 1.18 bits per heavy atom. The minimum absolute atomic E-state index is 0.140. The first-order valence-corrected chi connectivity index (χ1v) is 7.27. The summed E-state index contributed by atoms with van der Waals surface area (Å²) in [6.07, 6.45) is 0.233. The number of hydrogen-bond acceptors (Lipinski definition) is 5. The highest BCUT2D eigenvalue weighted by Crippen LogP contribution is 2.04. The molecule has 7 nitrogen and oxygen atoms in total. The highest BCUT2D eigenvalue weighted by Gasteiger charge is 2.23. The van der Waals surface area contributed by atoms with Crippen molar-refractivity contribution in [2.24, 2.45) is 5.73 Å². The van der Waals surface area contributed by atoms with E-state index in [1.807, 2.05) is 30.3 Å². The molecule has 1 aromatic rings. The van der Waals surface area contributed by atoms with Gasteiger partial charge in [0.2, 0.25) is 11.8 Å². The topological polar surface area (TPSA) is 122 Å². The quantitative estimate of drug-likeness (QED) is 0.400. The number of aliphatic carboxylic acids is 1. The summed E-state index contributed by atoms with van der Waals surface area (Å²) < 4.78 is 0. The number of thiol groups is 1. The number of carbonyl (C=O) groups is 3. The number of benzene rings is 1. The van der Waals surface area contributed by atoms with Crippen LogP contribution in [0.3, 0.4) is 0 Å². The molecule has 1 rings (SSSR count). The van der Waals surface area contributed by atoms with E-state index in [1.54, 1.807) is 0 Å². The Morgan fingerprint density at radius 2 is 1.82 bits per heavy atom. The predicted octanol–water partition coefficient (Wildman–Crippen LogP) is -0.828. The standard InChI is InChI=1S/C14H19N3O4S/c15-10(8-22)13(20)17-11(14(21)16-7-12(18)19)6-9-4-2-1-3-5-9/h1-5,10-11,22H,6-8,15H2,(H,16,21)(H,17,20)(H,18,19)/t10-,11-/m0/s1. The van der Waals surface area contributed by atoms with E-state index in [9.17, 15) is 14.4 Å². The van der Waals surface area contributed by atoms with Crippen LogP contribution in [0.25, 0.3) is 0 Å². The summed E-state index contributed by atoms with van der Waals surface area (Å²) >= 11 is 3.93. The Kier molecular flexibility index (Phi) is 7.41. The fraction of sp³-hybridized carbons (Fsp3) is 0.357. The second kappa shape index (κ2) is 9.06. The van der Waals surface area contributed by atoms with E-state index in [-0.39, 0.29) is 12.2 Å². The summed E-state index contributed by atoms with van der Waals surface area (Å²) in [6.45, 7) is -0.515. The second-order valence-corrected chi connectivity index (χ2v) is 5.02. The van der Waals surface area contributed by atoms with Crippen LogP contribution in [0.4, 0.5) is 0 Å². The molecule has 0 heterocycles. The molecule has 0 aliphatic heterocycles. The zero-order valence-corrected chi connectivity index (χ0v) is 12.8. The van der Waals surface area contributed by atoms with Gasteiger partial charge in [-0.05, 0) is 5.56 Å². The van der Waals surface area contributed by atoms with Gasteiger partial charge in [0, 0.05) is 12.2 Å². The van der Waals surface area contributed by atoms with Gasteiger partial charge in [0.1, 0.15) is 12.6 Å². The number of carboxylic acids is 1. The molecule has 0 radical (unpaired) electrons. The molecule has 0 saturated heterocycles. The molecule has 8 heteroatoms. The summed E-state index contributed by atoms with van der Waals surface area (Å²) in [5.74, 6) is -2.11. The number of nitrogens with two attached hydrogens (primary N) is 1. The van der Waals surface area contributed by atoms with Crippen LogP contribution in [0.5, 0.6) is 0 Å². The number of hydrogen-bond donors (Lipinski definition) is 5. The molecule has 22 heavy (non-hydrogen) atoms. The van der Waals surface area contributed by atoms with E-state index in [0.717, 1.165) is 5.56 Å². The van der Waals surface area contributed by atoms with Crippen LogP contribution >= 0.6 is 12.6 Å². The van der Waals surface area contributed by atoms with Crippen LogP contribution in [0.15, 0.2) is 30.3 Å². The van der Waals surface area contributed by atoms with E-state index in [2.05, 4.69) is 23.3 Å². The van der Waals surface area contributed by atoms with E-state index in [4.69, 9.17) is 10.8 Å². The monoisotopic (exact) mass is 325 g/mol. The lowest BCUT2D eigenvalue weighted by atomic mass is 10.0. The molecule has 2 atom stereocenters. The number of nitrogens with one attached hydrogen (secondary N) is 2. The van der Waals surface area contributed by atoms with Crippen molar-refractivity contribution in [1.29, 1.82) is 0 Å². The summed E-state index contributed by atoms with van der Waals surface area (Å²) in [7, 11) is 0. The van der Waals surface area contributed by atoms with Crippen molar-refractivity contribution in [1.82, 2.24) is 10.6 Å². The zero-order valence-electron chi connectivity index (χ0n) is 11.9. The molecule has 120 valence electrons. The van der Waals surface area contributed by atoms with Gasteiger partial charge in [0.25, 0.3) is 0 Å². The molecular weight excluding hydrogens is 306 g/mol. The van der Waals surface area contributed by atoms with E-state index >= 15 is 0 Å². The number of amides is 2. The van der Waals surface area contributed by atoms with Gasteiger partial charge in [-0.1, -0.05) is 30.3 Å². The minimum atomic E-state index is -1.16. The van der Waals surface area contributed by atoms with Crippen molar-refractivity contribution in [3.63, 3.8) is 0 Å². The lowest BCUT2D eigenvalue weighted by Gasteiger charge is -2.20. The Balaban J connectivity index is 2.77. The summed E-state index contributed by atoms with van der Waals surface area (Å²) in [5, 5.41) is 13.4. The predicted molar refractivity (Wildman–Crippen MR) is 84.6 cm³/mol. The van der Waals surface area contributed by atoms with Gasteiger partial charge in [0.05, 0.1) is 6.04 Å². The highest BCUT2D eigenvalue weighted by molar-refractivity contribution is 7.80. The average Bonchev–Trinajstić information content (AvgIpc) is 2.51. The Morgan fingerprint density at radius 3 is 2.36 bits per heavy atom. The molecule has 0 saturated carbocycles. The Hall–Kier alpha value is -2.06. The van der Waals surface area contributed by atoms with Crippen molar-refractivity contribution >= 4 is 30.4 Å². The van der Waals surface area contributed by atoms with E-state index in [0.29, 0.717) is 0 Å². The number of rotatable bonds is 8. The van der Waals surface area contributed by atoms with Crippen molar-refractivity contribution in [2.75, 3.05) is 12.3 Å². The third kappa shape index (κ3) is 6.15. The molecule has 0 aliphatic rings. The SMILES string of the molecule is N[C@@H](CS)C(=O)N[C@@H](Cc1ccccc1)C(=O)NCC(=O)O. The average molecular weight is 325 g/mol. The van der Waals surface area contributed by atoms with Crippen LogP contribution in [-0.4, -0.2) is 47.3 Å². The molecule has 0 bridgehead atoms. The van der Waals surface area contributed by atoms with Crippen molar-refractivity contribution in [3.05, 3.63) is 35.9 Å². The summed E-state index contributed by atoms with van der Waals surface area (Å²) in [6, 6.07) is 7.32. The number of carbonyl (C=O) groups excluding carboxylic acids is 2. The van der Waals surface area contributed by atoms with Crippen LogP contribution in [0, 0.1) is 0 Å².